The summed E-state index contributed by atoms with van der Waals surface area (Å²) in [5.74, 6) is -0.0162. The van der Waals surface area contributed by atoms with Crippen molar-refractivity contribution < 1.29 is 9.53 Å². The largest absolute Gasteiger partial charge is 0.434 e. The SMILES string of the molecule is O=C(NC1=CN=CCC1N1CCNCC1)C1=CCC=C(n2nc3ccccn3c2=O)O1. The van der Waals surface area contributed by atoms with Crippen LogP contribution in [0.5, 0.6) is 0 Å². The number of allylic oxidation sites excluding steroid dienone is 2. The fraction of sp³-hybridized carbons (Fsp3) is 0.333. The van der Waals surface area contributed by atoms with Crippen molar-refractivity contribution in [3.05, 3.63) is 64.7 Å². The predicted molar refractivity (Wildman–Crippen MR) is 115 cm³/mol. The Hall–Kier alpha value is -3.50. The molecule has 3 aliphatic heterocycles. The number of nitrogens with zero attached hydrogens (tertiary/aromatic N) is 5. The van der Waals surface area contributed by atoms with Crippen molar-refractivity contribution in [2.24, 2.45) is 4.99 Å². The maximum Gasteiger partial charge on any atom is 0.357 e. The minimum absolute atomic E-state index is 0.0730. The number of piperazine rings is 1. The molecule has 1 fully saturated rings. The standard InChI is InChI=1S/C21H23N7O3/c29-20(24-15-14-23-8-7-16(15)26-12-9-22-10-13-26)17-4-3-6-19(31-17)28-21(30)27-11-2-1-5-18(27)25-28/h1-2,4-6,8,11,14,16,22H,3,7,9-10,12-13H2,(H,24,29). The van der Waals surface area contributed by atoms with Gasteiger partial charge in [-0.2, -0.15) is 0 Å². The van der Waals surface area contributed by atoms with Gasteiger partial charge in [0.15, 0.2) is 11.4 Å². The number of ether oxygens (including phenoxy) is 1. The van der Waals surface area contributed by atoms with Crippen molar-refractivity contribution >= 4 is 23.7 Å². The number of hydrogen-bond donors (Lipinski definition) is 2. The Labute approximate surface area is 178 Å². The molecule has 0 spiro atoms. The van der Waals surface area contributed by atoms with Crippen LogP contribution in [0.2, 0.25) is 0 Å². The summed E-state index contributed by atoms with van der Waals surface area (Å²) < 4.78 is 8.37. The molecule has 0 radical (unpaired) electrons. The minimum atomic E-state index is -0.370. The molecule has 1 atom stereocenters. The summed E-state index contributed by atoms with van der Waals surface area (Å²) >= 11 is 0. The van der Waals surface area contributed by atoms with Gasteiger partial charge in [0.1, 0.15) is 0 Å². The van der Waals surface area contributed by atoms with Crippen molar-refractivity contribution in [1.29, 1.82) is 0 Å². The second kappa shape index (κ2) is 8.32. The summed E-state index contributed by atoms with van der Waals surface area (Å²) in [5, 5.41) is 10.6. The zero-order valence-corrected chi connectivity index (χ0v) is 16.9. The van der Waals surface area contributed by atoms with E-state index in [4.69, 9.17) is 4.74 Å². The molecule has 0 bridgehead atoms. The molecule has 2 aromatic rings. The highest BCUT2D eigenvalue weighted by Gasteiger charge is 2.28. The first-order valence-electron chi connectivity index (χ1n) is 10.3. The zero-order valence-electron chi connectivity index (χ0n) is 16.9. The Morgan fingerprint density at radius 2 is 2.10 bits per heavy atom. The molecule has 10 nitrogen and oxygen atoms in total. The molecule has 2 aromatic heterocycles. The van der Waals surface area contributed by atoms with Crippen LogP contribution in [0.25, 0.3) is 11.5 Å². The van der Waals surface area contributed by atoms with Crippen LogP contribution in [0.3, 0.4) is 0 Å². The third kappa shape index (κ3) is 3.82. The van der Waals surface area contributed by atoms with E-state index < -0.39 is 0 Å². The lowest BCUT2D eigenvalue weighted by atomic mass is 10.1. The Morgan fingerprint density at radius 3 is 2.94 bits per heavy atom. The van der Waals surface area contributed by atoms with Crippen molar-refractivity contribution in [2.75, 3.05) is 26.2 Å². The van der Waals surface area contributed by atoms with Crippen molar-refractivity contribution in [3.8, 4) is 0 Å². The number of hydrogen-bond acceptors (Lipinski definition) is 7. The van der Waals surface area contributed by atoms with Gasteiger partial charge in [-0.3, -0.25) is 14.7 Å². The highest BCUT2D eigenvalue weighted by atomic mass is 16.5. The van der Waals surface area contributed by atoms with Crippen LogP contribution < -0.4 is 16.3 Å². The Balaban J connectivity index is 1.31. The summed E-state index contributed by atoms with van der Waals surface area (Å²) in [6.07, 6.45) is 9.81. The summed E-state index contributed by atoms with van der Waals surface area (Å²) in [7, 11) is 0. The van der Waals surface area contributed by atoms with Gasteiger partial charge in [0.2, 0.25) is 5.88 Å². The monoisotopic (exact) mass is 421 g/mol. The van der Waals surface area contributed by atoms with E-state index in [0.29, 0.717) is 12.1 Å². The topological polar surface area (TPSA) is 105 Å². The van der Waals surface area contributed by atoms with E-state index in [0.717, 1.165) is 38.3 Å². The normalized spacial score (nSPS) is 21.8. The number of fused-ring (bicyclic) bond motifs is 1. The van der Waals surface area contributed by atoms with E-state index in [9.17, 15) is 9.59 Å². The average molecular weight is 421 g/mol. The first kappa shape index (κ1) is 19.5. The van der Waals surface area contributed by atoms with Gasteiger partial charge in [-0.15, -0.1) is 9.78 Å². The number of carbonyl (C=O) groups excluding carboxylic acids is 1. The number of pyridine rings is 1. The fourth-order valence-electron chi connectivity index (χ4n) is 3.95. The summed E-state index contributed by atoms with van der Waals surface area (Å²) in [6.45, 7) is 3.67. The molecular formula is C21H23N7O3. The lowest BCUT2D eigenvalue weighted by Gasteiger charge is -2.36. The van der Waals surface area contributed by atoms with Gasteiger partial charge in [0, 0.05) is 51.2 Å². The molecule has 10 heteroatoms. The smallest absolute Gasteiger partial charge is 0.357 e. The second-order valence-corrected chi connectivity index (χ2v) is 7.48. The maximum atomic E-state index is 13.0. The molecule has 31 heavy (non-hydrogen) atoms. The number of nitrogens with one attached hydrogen (secondary N) is 2. The van der Waals surface area contributed by atoms with E-state index in [1.54, 1.807) is 42.7 Å². The summed E-state index contributed by atoms with van der Waals surface area (Å²) in [5.41, 5.74) is 0.896. The van der Waals surface area contributed by atoms with Gasteiger partial charge >= 0.3 is 5.69 Å². The van der Waals surface area contributed by atoms with E-state index in [1.807, 2.05) is 6.21 Å². The van der Waals surface area contributed by atoms with Crippen LogP contribution in [0.4, 0.5) is 0 Å². The van der Waals surface area contributed by atoms with Crippen LogP contribution >= 0.6 is 0 Å². The van der Waals surface area contributed by atoms with Gasteiger partial charge in [0.05, 0.1) is 11.7 Å². The number of aliphatic imine (C=N–C) groups is 1. The molecule has 160 valence electrons. The number of rotatable bonds is 4. The third-order valence-electron chi connectivity index (χ3n) is 5.53. The maximum absolute atomic E-state index is 13.0. The summed E-state index contributed by atoms with van der Waals surface area (Å²) in [4.78, 5) is 32.2. The van der Waals surface area contributed by atoms with Gasteiger partial charge in [0.25, 0.3) is 5.91 Å². The molecule has 1 saturated heterocycles. The second-order valence-electron chi connectivity index (χ2n) is 7.48. The van der Waals surface area contributed by atoms with E-state index in [2.05, 4.69) is 25.6 Å². The molecule has 3 aliphatic rings. The number of aromatic nitrogens is 3. The van der Waals surface area contributed by atoms with Crippen LogP contribution in [0, 0.1) is 0 Å². The first-order valence-corrected chi connectivity index (χ1v) is 10.3. The first-order chi connectivity index (χ1) is 15.2. The van der Waals surface area contributed by atoms with Crippen LogP contribution in [-0.4, -0.2) is 63.4 Å². The highest BCUT2D eigenvalue weighted by molar-refractivity contribution is 5.93. The average Bonchev–Trinajstić information content (AvgIpc) is 3.17. The molecular weight excluding hydrogens is 398 g/mol. The quantitative estimate of drug-likeness (QED) is 0.736. The molecule has 0 aliphatic carbocycles. The Kier molecular flexibility index (Phi) is 5.23. The molecule has 1 amide bonds. The molecule has 0 saturated carbocycles. The van der Waals surface area contributed by atoms with Gasteiger partial charge < -0.3 is 15.4 Å². The van der Waals surface area contributed by atoms with Gasteiger partial charge in [-0.25, -0.2) is 9.20 Å². The number of carbonyl (C=O) groups is 1. The predicted octanol–water partition coefficient (Wildman–Crippen LogP) is 0.304. The molecule has 5 heterocycles. The fourth-order valence-corrected chi connectivity index (χ4v) is 3.95. The Bertz CT molecular complexity index is 1180. The van der Waals surface area contributed by atoms with Crippen molar-refractivity contribution in [1.82, 2.24) is 29.7 Å². The van der Waals surface area contributed by atoms with E-state index in [-0.39, 0.29) is 29.3 Å². The number of amides is 1. The van der Waals surface area contributed by atoms with Crippen LogP contribution in [0.1, 0.15) is 12.8 Å². The summed E-state index contributed by atoms with van der Waals surface area (Å²) in [6, 6.07) is 5.36. The lowest BCUT2D eigenvalue weighted by Crippen LogP contribution is -2.51. The third-order valence-corrected chi connectivity index (χ3v) is 5.53. The molecule has 2 N–H and O–H groups in total. The molecule has 0 aromatic carbocycles. The Morgan fingerprint density at radius 1 is 1.23 bits per heavy atom. The van der Waals surface area contributed by atoms with E-state index in [1.165, 1.54) is 9.08 Å². The van der Waals surface area contributed by atoms with Crippen LogP contribution in [0.15, 0.2) is 64.0 Å². The van der Waals surface area contributed by atoms with Crippen molar-refractivity contribution in [2.45, 2.75) is 18.9 Å². The van der Waals surface area contributed by atoms with Gasteiger partial charge in [-0.05, 0) is 30.7 Å². The lowest BCUT2D eigenvalue weighted by molar-refractivity contribution is -0.119. The van der Waals surface area contributed by atoms with E-state index >= 15 is 0 Å². The molecule has 1 unspecified atom stereocenters. The van der Waals surface area contributed by atoms with Crippen molar-refractivity contribution in [3.63, 3.8) is 0 Å². The highest BCUT2D eigenvalue weighted by Crippen LogP contribution is 2.21. The zero-order chi connectivity index (χ0) is 21.2. The molecule has 5 rings (SSSR count). The van der Waals surface area contributed by atoms with Gasteiger partial charge in [-0.1, -0.05) is 6.07 Å². The minimum Gasteiger partial charge on any atom is -0.434 e. The van der Waals surface area contributed by atoms with Crippen LogP contribution in [-0.2, 0) is 9.53 Å².